The first-order chi connectivity index (χ1) is 13.9. The maximum Gasteiger partial charge on any atom is 0.317 e. The first-order valence-electron chi connectivity index (χ1n) is 9.74. The minimum atomic E-state index is -0.258. The Morgan fingerprint density at radius 3 is 2.38 bits per heavy atom. The highest BCUT2D eigenvalue weighted by molar-refractivity contribution is 5.75. The van der Waals surface area contributed by atoms with E-state index in [-0.39, 0.29) is 18.0 Å². The number of aryl methyl sites for hydroxylation is 1. The lowest BCUT2D eigenvalue weighted by Crippen LogP contribution is -2.40. The maximum atomic E-state index is 12.8. The third-order valence-corrected chi connectivity index (χ3v) is 4.71. The van der Waals surface area contributed by atoms with Crippen molar-refractivity contribution in [1.29, 1.82) is 0 Å². The molecule has 152 valence electrons. The van der Waals surface area contributed by atoms with Crippen LogP contribution in [-0.2, 0) is 6.42 Å². The second-order valence-corrected chi connectivity index (χ2v) is 7.45. The van der Waals surface area contributed by atoms with Crippen LogP contribution >= 0.6 is 0 Å². The van der Waals surface area contributed by atoms with Crippen molar-refractivity contribution >= 4 is 6.03 Å². The third kappa shape index (κ3) is 5.40. The molecule has 1 N–H and O–H groups in total. The fourth-order valence-corrected chi connectivity index (χ4v) is 2.88. The topological polar surface area (TPSA) is 84.2 Å². The standard InChI is InChI=1S/C22H27N5O2/c1-15(2)21-24-19(26-29-21)11-14-27(4)22(28)25-20(18-9-12-23-13-10-18)17-7-5-16(3)6-8-17/h5-10,12-13,15,20H,11,14H2,1-4H3,(H,25,28)/t20-/m0/s1. The Labute approximate surface area is 171 Å². The van der Waals surface area contributed by atoms with Gasteiger partial charge in [0.1, 0.15) is 0 Å². The van der Waals surface area contributed by atoms with Crippen molar-refractivity contribution in [3.05, 3.63) is 77.2 Å². The summed E-state index contributed by atoms with van der Waals surface area (Å²) in [6.07, 6.45) is 3.99. The molecule has 0 radical (unpaired) electrons. The predicted octanol–water partition coefficient (Wildman–Crippen LogP) is 3.87. The van der Waals surface area contributed by atoms with E-state index in [1.54, 1.807) is 24.3 Å². The SMILES string of the molecule is Cc1ccc([C@H](NC(=O)N(C)CCc2noc(C(C)C)n2)c2ccncc2)cc1. The van der Waals surface area contributed by atoms with E-state index in [9.17, 15) is 4.79 Å². The smallest absolute Gasteiger partial charge is 0.317 e. The molecule has 29 heavy (non-hydrogen) atoms. The van der Waals surface area contributed by atoms with Gasteiger partial charge in [0.25, 0.3) is 0 Å². The van der Waals surface area contributed by atoms with Crippen molar-refractivity contribution in [1.82, 2.24) is 25.3 Å². The fraction of sp³-hybridized carbons (Fsp3) is 0.364. The molecule has 0 unspecified atom stereocenters. The molecule has 0 aliphatic carbocycles. The van der Waals surface area contributed by atoms with Gasteiger partial charge in [-0.2, -0.15) is 4.98 Å². The van der Waals surface area contributed by atoms with E-state index in [0.717, 1.165) is 11.1 Å². The van der Waals surface area contributed by atoms with Gasteiger partial charge in [-0.25, -0.2) is 4.79 Å². The summed E-state index contributed by atoms with van der Waals surface area (Å²) in [5.74, 6) is 1.41. The average Bonchev–Trinajstić information content (AvgIpc) is 3.21. The number of hydrogen-bond acceptors (Lipinski definition) is 5. The quantitative estimate of drug-likeness (QED) is 0.659. The van der Waals surface area contributed by atoms with Crippen molar-refractivity contribution in [2.45, 2.75) is 39.2 Å². The summed E-state index contributed by atoms with van der Waals surface area (Å²) in [5.41, 5.74) is 3.17. The van der Waals surface area contributed by atoms with Crippen LogP contribution in [0.1, 0.15) is 54.2 Å². The van der Waals surface area contributed by atoms with E-state index in [1.807, 2.05) is 57.2 Å². The second kappa shape index (κ2) is 9.32. The van der Waals surface area contributed by atoms with Gasteiger partial charge in [0.15, 0.2) is 5.82 Å². The summed E-state index contributed by atoms with van der Waals surface area (Å²) in [7, 11) is 1.76. The molecular formula is C22H27N5O2. The van der Waals surface area contributed by atoms with E-state index in [0.29, 0.717) is 24.7 Å². The molecule has 0 saturated heterocycles. The Morgan fingerprint density at radius 2 is 1.76 bits per heavy atom. The van der Waals surface area contributed by atoms with Gasteiger partial charge in [0, 0.05) is 38.3 Å². The average molecular weight is 393 g/mol. The Hall–Kier alpha value is -3.22. The zero-order valence-electron chi connectivity index (χ0n) is 17.3. The Bertz CT molecular complexity index is 922. The van der Waals surface area contributed by atoms with Crippen LogP contribution in [0.3, 0.4) is 0 Å². The molecule has 1 aromatic carbocycles. The zero-order chi connectivity index (χ0) is 20.8. The van der Waals surface area contributed by atoms with Gasteiger partial charge in [-0.15, -0.1) is 0 Å². The second-order valence-electron chi connectivity index (χ2n) is 7.45. The Morgan fingerprint density at radius 1 is 1.10 bits per heavy atom. The molecule has 3 aromatic rings. The summed E-state index contributed by atoms with van der Waals surface area (Å²) in [4.78, 5) is 22.9. The molecule has 0 saturated carbocycles. The van der Waals surface area contributed by atoms with Gasteiger partial charge < -0.3 is 14.7 Å². The van der Waals surface area contributed by atoms with Crippen molar-refractivity contribution in [2.24, 2.45) is 0 Å². The summed E-state index contributed by atoms with van der Waals surface area (Å²) >= 11 is 0. The molecule has 7 nitrogen and oxygen atoms in total. The summed E-state index contributed by atoms with van der Waals surface area (Å²) in [6.45, 7) is 6.53. The number of likely N-dealkylation sites (N-methyl/N-ethyl adjacent to an activating group) is 1. The molecule has 2 heterocycles. The number of amides is 2. The van der Waals surface area contributed by atoms with Crippen LogP contribution in [0, 0.1) is 6.92 Å². The lowest BCUT2D eigenvalue weighted by Gasteiger charge is -2.24. The maximum absolute atomic E-state index is 12.8. The van der Waals surface area contributed by atoms with Gasteiger partial charge in [-0.1, -0.05) is 48.8 Å². The van der Waals surface area contributed by atoms with Gasteiger partial charge in [0.2, 0.25) is 5.89 Å². The van der Waals surface area contributed by atoms with Gasteiger partial charge in [-0.05, 0) is 30.2 Å². The highest BCUT2D eigenvalue weighted by Gasteiger charge is 2.19. The van der Waals surface area contributed by atoms with Crippen molar-refractivity contribution in [2.75, 3.05) is 13.6 Å². The number of nitrogens with one attached hydrogen (secondary N) is 1. The van der Waals surface area contributed by atoms with Crippen LogP contribution in [0.25, 0.3) is 0 Å². The molecule has 0 spiro atoms. The van der Waals surface area contributed by atoms with Crippen LogP contribution in [0.4, 0.5) is 4.79 Å². The minimum absolute atomic E-state index is 0.167. The number of carbonyl (C=O) groups is 1. The van der Waals surface area contributed by atoms with E-state index >= 15 is 0 Å². The van der Waals surface area contributed by atoms with Crippen molar-refractivity contribution < 1.29 is 9.32 Å². The van der Waals surface area contributed by atoms with Crippen LogP contribution < -0.4 is 5.32 Å². The molecule has 0 fully saturated rings. The predicted molar refractivity (Wildman–Crippen MR) is 111 cm³/mol. The number of benzene rings is 1. The van der Waals surface area contributed by atoms with E-state index in [4.69, 9.17) is 4.52 Å². The Kier molecular flexibility index (Phi) is 6.59. The van der Waals surface area contributed by atoms with E-state index in [2.05, 4.69) is 20.4 Å². The molecule has 3 rings (SSSR count). The van der Waals surface area contributed by atoms with Crippen molar-refractivity contribution in [3.63, 3.8) is 0 Å². The third-order valence-electron chi connectivity index (χ3n) is 4.71. The first-order valence-corrected chi connectivity index (χ1v) is 9.74. The van der Waals surface area contributed by atoms with Crippen LogP contribution in [0.2, 0.25) is 0 Å². The molecule has 0 aliphatic rings. The molecule has 1 atom stereocenters. The monoisotopic (exact) mass is 393 g/mol. The molecule has 2 amide bonds. The zero-order valence-corrected chi connectivity index (χ0v) is 17.3. The summed E-state index contributed by atoms with van der Waals surface area (Å²) in [5, 5.41) is 7.11. The molecule has 7 heteroatoms. The molecule has 0 aliphatic heterocycles. The molecule has 2 aromatic heterocycles. The van der Waals surface area contributed by atoms with E-state index in [1.165, 1.54) is 5.56 Å². The number of nitrogens with zero attached hydrogens (tertiary/aromatic N) is 4. The Balaban J connectivity index is 1.67. The highest BCUT2D eigenvalue weighted by atomic mass is 16.5. The molecular weight excluding hydrogens is 366 g/mol. The lowest BCUT2D eigenvalue weighted by molar-refractivity contribution is 0.206. The van der Waals surface area contributed by atoms with Crippen LogP contribution in [-0.4, -0.2) is 39.6 Å². The summed E-state index contributed by atoms with van der Waals surface area (Å²) in [6, 6.07) is 11.6. The number of urea groups is 1. The number of carbonyl (C=O) groups excluding carboxylic acids is 1. The van der Waals surface area contributed by atoms with Crippen LogP contribution in [0.5, 0.6) is 0 Å². The number of hydrogen-bond donors (Lipinski definition) is 1. The van der Waals surface area contributed by atoms with Gasteiger partial charge >= 0.3 is 6.03 Å². The summed E-state index contributed by atoms with van der Waals surface area (Å²) < 4.78 is 5.22. The lowest BCUT2D eigenvalue weighted by atomic mass is 9.99. The van der Waals surface area contributed by atoms with Crippen molar-refractivity contribution in [3.8, 4) is 0 Å². The fourth-order valence-electron chi connectivity index (χ4n) is 2.88. The van der Waals surface area contributed by atoms with E-state index < -0.39 is 0 Å². The number of rotatable bonds is 7. The minimum Gasteiger partial charge on any atom is -0.339 e. The van der Waals surface area contributed by atoms with Gasteiger partial charge in [-0.3, -0.25) is 4.98 Å². The van der Waals surface area contributed by atoms with Gasteiger partial charge in [0.05, 0.1) is 6.04 Å². The highest BCUT2D eigenvalue weighted by Crippen LogP contribution is 2.22. The largest absolute Gasteiger partial charge is 0.339 e. The van der Waals surface area contributed by atoms with Crippen LogP contribution in [0.15, 0.2) is 53.3 Å². The molecule has 0 bridgehead atoms. The number of pyridine rings is 1. The normalized spacial score (nSPS) is 12.0. The first kappa shape index (κ1) is 20.5. The number of aromatic nitrogens is 3.